The van der Waals surface area contributed by atoms with Crippen LogP contribution in [0.2, 0.25) is 0 Å². The van der Waals surface area contributed by atoms with Gasteiger partial charge in [-0.15, -0.1) is 0 Å². The minimum absolute atomic E-state index is 0.406. The van der Waals surface area contributed by atoms with Gasteiger partial charge >= 0.3 is 0 Å². The number of methoxy groups -OCH3 is 1. The van der Waals surface area contributed by atoms with Gasteiger partial charge in [0.1, 0.15) is 0 Å². The van der Waals surface area contributed by atoms with Gasteiger partial charge in [-0.3, -0.25) is 14.8 Å². The maximum Gasteiger partial charge on any atom is 0.228 e. The molecule has 2 aromatic rings. The van der Waals surface area contributed by atoms with Gasteiger partial charge in [-0.1, -0.05) is 0 Å². The van der Waals surface area contributed by atoms with Gasteiger partial charge < -0.3 is 14.4 Å². The molecule has 1 aromatic carbocycles. The molecule has 2 fully saturated rings. The molecule has 8 heteroatoms. The number of anilines is 1. The number of hydrogen-bond acceptors (Lipinski definition) is 7. The summed E-state index contributed by atoms with van der Waals surface area (Å²) in [7, 11) is 1.55. The average molecular weight is 407 g/mol. The number of benzene rings is 1. The van der Waals surface area contributed by atoms with E-state index in [1.165, 1.54) is 37.8 Å². The van der Waals surface area contributed by atoms with E-state index in [2.05, 4.69) is 14.6 Å². The Morgan fingerprint density at radius 1 is 1.32 bits per heavy atom. The number of nitrogens with two attached hydrogens (primary N) is 1. The monoisotopic (exact) mass is 406 g/mol. The molecule has 1 saturated carbocycles. The van der Waals surface area contributed by atoms with Crippen molar-refractivity contribution in [2.24, 2.45) is 16.5 Å². The van der Waals surface area contributed by atoms with E-state index < -0.39 is 6.86 Å². The smallest absolute Gasteiger partial charge is 0.228 e. The lowest BCUT2D eigenvalue weighted by atomic mass is 9.81. The van der Waals surface area contributed by atoms with Gasteiger partial charge in [0.05, 0.1) is 12.6 Å². The highest BCUT2D eigenvalue weighted by Crippen LogP contribution is 2.55. The lowest BCUT2D eigenvalue weighted by Gasteiger charge is -2.38. The summed E-state index contributed by atoms with van der Waals surface area (Å²) in [5.74, 6) is 1.64. The molecule has 0 radical (unpaired) electrons. The number of halogens is 1. The number of ether oxygens (including phenoxy) is 2. The zero-order valence-electron chi connectivity index (χ0n) is 16.1. The number of nitrogens with one attached hydrogen (secondary N) is 1. The standard InChI is InChI=1S/C20H27FN4O2S/c1-26-18-11-16-15(10-19(18)27-13-21)17(2-7-23-16)25-8-3-14(4-9-25)20(5-6-20)12-24-28-22/h2,7,10-11,14,24H,3-6,8-9,12-13,22H2,1H3. The molecule has 3 N–H and O–H groups in total. The molecule has 1 aliphatic heterocycles. The van der Waals surface area contributed by atoms with Crippen LogP contribution in [0, 0.1) is 11.3 Å². The Labute approximate surface area is 169 Å². The lowest BCUT2D eigenvalue weighted by molar-refractivity contribution is 0.185. The largest absolute Gasteiger partial charge is 0.493 e. The van der Waals surface area contributed by atoms with Crippen molar-refractivity contribution in [1.82, 2.24) is 9.71 Å². The van der Waals surface area contributed by atoms with Crippen LogP contribution in [0.15, 0.2) is 24.4 Å². The van der Waals surface area contributed by atoms with Gasteiger partial charge in [-0.25, -0.2) is 4.39 Å². The summed E-state index contributed by atoms with van der Waals surface area (Å²) >= 11 is 1.22. The quantitative estimate of drug-likeness (QED) is 0.648. The second-order valence-electron chi connectivity index (χ2n) is 7.67. The van der Waals surface area contributed by atoms with Gasteiger partial charge in [0.25, 0.3) is 0 Å². The SMILES string of the molecule is COc1cc2nccc(N3CCC(C4(CNSN)CC4)CC3)c2cc1OCF. The molecule has 2 heterocycles. The van der Waals surface area contributed by atoms with E-state index in [0.717, 1.165) is 42.1 Å². The summed E-state index contributed by atoms with van der Waals surface area (Å²) in [5.41, 5.74) is 2.38. The van der Waals surface area contributed by atoms with Gasteiger partial charge in [0.2, 0.25) is 6.86 Å². The third-order valence-electron chi connectivity index (χ3n) is 6.32. The van der Waals surface area contributed by atoms with Crippen molar-refractivity contribution in [2.75, 3.05) is 38.5 Å². The van der Waals surface area contributed by atoms with E-state index in [1.54, 1.807) is 7.11 Å². The minimum atomic E-state index is -0.889. The number of piperidine rings is 1. The predicted octanol–water partition coefficient (Wildman–Crippen LogP) is 3.66. The van der Waals surface area contributed by atoms with Crippen molar-refractivity contribution >= 4 is 28.7 Å². The molecule has 0 amide bonds. The van der Waals surface area contributed by atoms with Gasteiger partial charge in [-0.2, -0.15) is 0 Å². The van der Waals surface area contributed by atoms with E-state index in [-0.39, 0.29) is 0 Å². The second kappa shape index (κ2) is 8.31. The van der Waals surface area contributed by atoms with Crippen LogP contribution in [0.3, 0.4) is 0 Å². The molecule has 0 atom stereocenters. The Kier molecular flexibility index (Phi) is 5.80. The van der Waals surface area contributed by atoms with Crippen LogP contribution in [0.5, 0.6) is 11.5 Å². The number of nitrogens with zero attached hydrogens (tertiary/aromatic N) is 2. The Morgan fingerprint density at radius 2 is 2.11 bits per heavy atom. The highest BCUT2D eigenvalue weighted by molar-refractivity contribution is 7.95. The Balaban J connectivity index is 1.54. The summed E-state index contributed by atoms with van der Waals surface area (Å²) < 4.78 is 26.5. The fraction of sp³-hybridized carbons (Fsp3) is 0.550. The van der Waals surface area contributed by atoms with Crippen molar-refractivity contribution in [1.29, 1.82) is 0 Å². The molecule has 0 bridgehead atoms. The van der Waals surface area contributed by atoms with E-state index in [4.69, 9.17) is 14.6 Å². The van der Waals surface area contributed by atoms with Crippen LogP contribution in [0.4, 0.5) is 10.1 Å². The fourth-order valence-corrected chi connectivity index (χ4v) is 4.92. The molecular formula is C20H27FN4O2S. The second-order valence-corrected chi connectivity index (χ2v) is 8.19. The Bertz CT molecular complexity index is 825. The van der Waals surface area contributed by atoms with Gasteiger partial charge in [0, 0.05) is 55.1 Å². The number of pyridine rings is 1. The van der Waals surface area contributed by atoms with Crippen LogP contribution in [0.1, 0.15) is 25.7 Å². The van der Waals surface area contributed by atoms with Crippen molar-refractivity contribution in [2.45, 2.75) is 25.7 Å². The Morgan fingerprint density at radius 3 is 2.75 bits per heavy atom. The molecule has 4 rings (SSSR count). The summed E-state index contributed by atoms with van der Waals surface area (Å²) in [5, 5.41) is 6.51. The Hall–Kier alpha value is -1.77. The molecular weight excluding hydrogens is 379 g/mol. The highest BCUT2D eigenvalue weighted by atomic mass is 32.2. The highest BCUT2D eigenvalue weighted by Gasteiger charge is 2.49. The molecule has 1 aromatic heterocycles. The number of rotatable bonds is 8. The summed E-state index contributed by atoms with van der Waals surface area (Å²) in [6.07, 6.45) is 6.76. The number of alkyl halides is 1. The zero-order valence-corrected chi connectivity index (χ0v) is 16.9. The molecule has 28 heavy (non-hydrogen) atoms. The third kappa shape index (κ3) is 3.73. The third-order valence-corrected chi connectivity index (χ3v) is 6.63. The topological polar surface area (TPSA) is 72.6 Å². The molecule has 1 aliphatic carbocycles. The molecule has 0 unspecified atom stereocenters. The zero-order chi connectivity index (χ0) is 19.6. The van der Waals surface area contributed by atoms with Crippen molar-refractivity contribution in [3.63, 3.8) is 0 Å². The summed E-state index contributed by atoms with van der Waals surface area (Å²) in [6, 6.07) is 5.69. The molecule has 0 spiro atoms. The van der Waals surface area contributed by atoms with Crippen molar-refractivity contribution < 1.29 is 13.9 Å². The number of fused-ring (bicyclic) bond motifs is 1. The minimum Gasteiger partial charge on any atom is -0.493 e. The van der Waals surface area contributed by atoms with Crippen LogP contribution in [-0.4, -0.2) is 38.6 Å². The lowest BCUT2D eigenvalue weighted by Crippen LogP contribution is -2.39. The summed E-state index contributed by atoms with van der Waals surface area (Å²) in [6.45, 7) is 2.13. The molecule has 2 aliphatic rings. The van der Waals surface area contributed by atoms with Crippen LogP contribution in [0.25, 0.3) is 10.9 Å². The van der Waals surface area contributed by atoms with Crippen molar-refractivity contribution in [3.05, 3.63) is 24.4 Å². The molecule has 1 saturated heterocycles. The molecule has 152 valence electrons. The first-order valence-electron chi connectivity index (χ1n) is 9.70. The van der Waals surface area contributed by atoms with E-state index in [9.17, 15) is 4.39 Å². The van der Waals surface area contributed by atoms with Gasteiger partial charge in [-0.05, 0) is 49.1 Å². The van der Waals surface area contributed by atoms with Crippen molar-refractivity contribution in [3.8, 4) is 11.5 Å². The average Bonchev–Trinajstić information content (AvgIpc) is 3.53. The van der Waals surface area contributed by atoms with E-state index in [1.807, 2.05) is 24.4 Å². The number of aromatic nitrogens is 1. The van der Waals surface area contributed by atoms with E-state index >= 15 is 0 Å². The van der Waals surface area contributed by atoms with Gasteiger partial charge in [0.15, 0.2) is 11.5 Å². The maximum atomic E-state index is 12.8. The first-order valence-corrected chi connectivity index (χ1v) is 10.6. The van der Waals surface area contributed by atoms with Crippen LogP contribution < -0.4 is 24.2 Å². The number of hydrogen-bond donors (Lipinski definition) is 2. The normalized spacial score (nSPS) is 19.0. The maximum absolute atomic E-state index is 12.8. The van der Waals surface area contributed by atoms with E-state index in [0.29, 0.717) is 16.9 Å². The molecule has 6 nitrogen and oxygen atoms in total. The fourth-order valence-electron chi connectivity index (χ4n) is 4.55. The first kappa shape index (κ1) is 19.5. The first-order chi connectivity index (χ1) is 13.7. The summed E-state index contributed by atoms with van der Waals surface area (Å²) in [4.78, 5) is 6.88. The van der Waals surface area contributed by atoms with Crippen LogP contribution >= 0.6 is 12.1 Å². The predicted molar refractivity (Wildman–Crippen MR) is 111 cm³/mol. The van der Waals surface area contributed by atoms with Crippen LogP contribution in [-0.2, 0) is 0 Å².